The Bertz CT molecular complexity index is 1150. The van der Waals surface area contributed by atoms with Crippen molar-refractivity contribution in [3.63, 3.8) is 0 Å². The van der Waals surface area contributed by atoms with Crippen molar-refractivity contribution >= 4 is 132 Å². The van der Waals surface area contributed by atoms with Gasteiger partial charge in [-0.3, -0.25) is 9.59 Å². The second-order valence-electron chi connectivity index (χ2n) is 6.02. The van der Waals surface area contributed by atoms with Crippen LogP contribution in [0.15, 0.2) is 53.1 Å². The van der Waals surface area contributed by atoms with Crippen LogP contribution in [0.3, 0.4) is 0 Å². The zero-order valence-electron chi connectivity index (χ0n) is 17.9. The molecule has 3 aromatic rings. The Labute approximate surface area is 264 Å². The number of thiophene rings is 1. The molecule has 1 aromatic heterocycles. The van der Waals surface area contributed by atoms with E-state index in [4.69, 9.17) is 4.74 Å². The molecule has 3 rings (SSSR count). The fraction of sp³-hybridized carbons (Fsp3) is 0.292. The first kappa shape index (κ1) is 37.9. The summed E-state index contributed by atoms with van der Waals surface area (Å²) in [6.45, 7) is 4.45. The summed E-state index contributed by atoms with van der Waals surface area (Å²) in [7, 11) is 0. The van der Waals surface area contributed by atoms with Crippen LogP contribution >= 0.6 is 104 Å². The van der Waals surface area contributed by atoms with Gasteiger partial charge in [-0.2, -0.15) is 0 Å². The quantitative estimate of drug-likeness (QED) is 0.120. The Morgan fingerprint density at radius 3 is 1.97 bits per heavy atom. The zero-order chi connectivity index (χ0) is 25.8. The number of aldehydes is 1. The lowest BCUT2D eigenvalue weighted by Crippen LogP contribution is -2.03. The summed E-state index contributed by atoms with van der Waals surface area (Å²) in [6, 6.07) is 9.37. The summed E-state index contributed by atoms with van der Waals surface area (Å²) in [5, 5.41) is 1.33. The van der Waals surface area contributed by atoms with Crippen LogP contribution in [-0.2, 0) is 14.3 Å². The molecule has 0 aliphatic carbocycles. The molecule has 0 amide bonds. The fourth-order valence-electron chi connectivity index (χ4n) is 2.25. The van der Waals surface area contributed by atoms with Crippen molar-refractivity contribution < 1.29 is 23.9 Å². The summed E-state index contributed by atoms with van der Waals surface area (Å²) < 4.78 is 14.2. The molecule has 0 spiro atoms. The van der Waals surface area contributed by atoms with Crippen LogP contribution in [0.2, 0.25) is 0 Å². The minimum atomic E-state index is -0.258. The van der Waals surface area contributed by atoms with Crippen LogP contribution in [0.1, 0.15) is 48.7 Å². The summed E-state index contributed by atoms with van der Waals surface area (Å²) in [5.74, 6) is -0.464. The second-order valence-corrected chi connectivity index (χ2v) is 11.6. The molecule has 0 aliphatic rings. The van der Waals surface area contributed by atoms with Gasteiger partial charge >= 0.3 is 11.9 Å². The predicted molar refractivity (Wildman–Crippen MR) is 172 cm³/mol. The average molecular weight is 859 g/mol. The third-order valence-corrected chi connectivity index (χ3v) is 8.47. The lowest BCUT2D eigenvalue weighted by Gasteiger charge is -2.00. The van der Waals surface area contributed by atoms with Gasteiger partial charge in [0.25, 0.3) is 0 Å². The number of esters is 2. The van der Waals surface area contributed by atoms with Gasteiger partial charge in [-0.25, -0.2) is 4.79 Å². The molecule has 36 heavy (non-hydrogen) atoms. The van der Waals surface area contributed by atoms with E-state index in [1.807, 2.05) is 24.3 Å². The number of alkyl halides is 1. The molecule has 0 fully saturated rings. The van der Waals surface area contributed by atoms with E-state index in [0.717, 1.165) is 34.3 Å². The van der Waals surface area contributed by atoms with Crippen molar-refractivity contribution in [2.75, 3.05) is 18.5 Å². The van der Waals surface area contributed by atoms with E-state index >= 15 is 0 Å². The van der Waals surface area contributed by atoms with Crippen molar-refractivity contribution in [2.45, 2.75) is 33.6 Å². The Hall–Kier alpha value is -0.240. The fourth-order valence-corrected chi connectivity index (χ4v) is 6.30. The van der Waals surface area contributed by atoms with Crippen LogP contribution < -0.4 is 0 Å². The van der Waals surface area contributed by atoms with Gasteiger partial charge in [-0.1, -0.05) is 62.6 Å². The first-order chi connectivity index (χ1) is 16.1. The smallest absolute Gasteiger partial charge is 0.348 e. The highest BCUT2D eigenvalue weighted by atomic mass is 79.9. The number of fused-ring (bicyclic) bond motifs is 1. The first-order valence-corrected chi connectivity index (χ1v) is 15.0. The summed E-state index contributed by atoms with van der Waals surface area (Å²) in [6.07, 6.45) is 0.776. The zero-order valence-corrected chi connectivity index (χ0v) is 27.5. The maximum Gasteiger partial charge on any atom is 0.348 e. The van der Waals surface area contributed by atoms with E-state index in [1.54, 1.807) is 19.9 Å². The third kappa shape index (κ3) is 12.5. The van der Waals surface area contributed by atoms with Gasteiger partial charge in [-0.05, 0) is 81.4 Å². The molecule has 200 valence electrons. The molecule has 0 saturated carbocycles. The Kier molecular flexibility index (Phi) is 20.8. The maximum absolute atomic E-state index is 11.6. The van der Waals surface area contributed by atoms with Gasteiger partial charge < -0.3 is 9.47 Å². The lowest BCUT2D eigenvalue weighted by molar-refractivity contribution is -0.139. The molecule has 1 heterocycles. The predicted octanol–water partition coefficient (Wildman–Crippen LogP) is 10.1. The summed E-state index contributed by atoms with van der Waals surface area (Å²) >= 11 is 22.0. The van der Waals surface area contributed by atoms with Crippen LogP contribution in [0.25, 0.3) is 10.1 Å². The molecule has 2 aromatic carbocycles. The SMILES string of the molecule is C.C.CCOC(=O)CBr.CCOC(=O)c1cc2cc(Br)cc(Br)c2s1.O=Cc1cc(Br)cc(Br)c1S. The van der Waals surface area contributed by atoms with Crippen molar-refractivity contribution in [3.05, 3.63) is 58.7 Å². The van der Waals surface area contributed by atoms with Crippen molar-refractivity contribution in [2.24, 2.45) is 0 Å². The number of carbonyl (C=O) groups excluding carboxylic acids is 3. The molecule has 0 saturated heterocycles. The Morgan fingerprint density at radius 2 is 1.47 bits per heavy atom. The van der Waals surface area contributed by atoms with Crippen LogP contribution in [0.5, 0.6) is 0 Å². The molecule has 0 N–H and O–H groups in total. The normalized spacial score (nSPS) is 9.33. The summed E-state index contributed by atoms with van der Waals surface area (Å²) in [4.78, 5) is 33.5. The van der Waals surface area contributed by atoms with E-state index in [-0.39, 0.29) is 26.8 Å². The van der Waals surface area contributed by atoms with Gasteiger partial charge in [0.1, 0.15) is 10.2 Å². The number of hydrogen-bond donors (Lipinski definition) is 1. The summed E-state index contributed by atoms with van der Waals surface area (Å²) in [5.41, 5.74) is 0.578. The molecular formula is C24H27Br5O5S2. The molecule has 0 unspecified atom stereocenters. The highest BCUT2D eigenvalue weighted by Crippen LogP contribution is 2.35. The number of benzene rings is 2. The Morgan fingerprint density at radius 1 is 0.917 bits per heavy atom. The molecular weight excluding hydrogens is 832 g/mol. The van der Waals surface area contributed by atoms with Gasteiger partial charge in [0.15, 0.2) is 6.29 Å². The van der Waals surface area contributed by atoms with E-state index in [0.29, 0.717) is 33.9 Å². The molecule has 12 heteroatoms. The Balaban J connectivity index is 0. The molecule has 0 bridgehead atoms. The first-order valence-electron chi connectivity index (χ1n) is 9.48. The monoisotopic (exact) mass is 854 g/mol. The topological polar surface area (TPSA) is 69.7 Å². The molecule has 0 atom stereocenters. The maximum atomic E-state index is 11.6. The van der Waals surface area contributed by atoms with E-state index in [9.17, 15) is 14.4 Å². The highest BCUT2D eigenvalue weighted by Gasteiger charge is 2.13. The highest BCUT2D eigenvalue weighted by molar-refractivity contribution is 9.11. The largest absolute Gasteiger partial charge is 0.465 e. The minimum absolute atomic E-state index is 0. The number of carbonyl (C=O) groups is 3. The molecule has 0 radical (unpaired) electrons. The van der Waals surface area contributed by atoms with Gasteiger partial charge in [0, 0.05) is 33.0 Å². The number of rotatable bonds is 5. The van der Waals surface area contributed by atoms with Crippen LogP contribution in [0, 0.1) is 0 Å². The number of hydrogen-bond acceptors (Lipinski definition) is 7. The second kappa shape index (κ2) is 19.8. The number of halogens is 5. The van der Waals surface area contributed by atoms with Crippen molar-refractivity contribution in [1.29, 1.82) is 0 Å². The van der Waals surface area contributed by atoms with Crippen molar-refractivity contribution in [1.82, 2.24) is 0 Å². The molecule has 0 aliphatic heterocycles. The number of ether oxygens (including phenoxy) is 2. The van der Waals surface area contributed by atoms with Gasteiger partial charge in [0.2, 0.25) is 0 Å². The molecule has 5 nitrogen and oxygen atoms in total. The van der Waals surface area contributed by atoms with Crippen molar-refractivity contribution in [3.8, 4) is 0 Å². The van der Waals surface area contributed by atoms with Gasteiger partial charge in [-0.15, -0.1) is 24.0 Å². The minimum Gasteiger partial charge on any atom is -0.465 e. The van der Waals surface area contributed by atoms with E-state index in [2.05, 4.69) is 97.0 Å². The third-order valence-electron chi connectivity index (χ3n) is 3.61. The van der Waals surface area contributed by atoms with Crippen LogP contribution in [0.4, 0.5) is 0 Å². The van der Waals surface area contributed by atoms with E-state index in [1.165, 1.54) is 11.3 Å². The van der Waals surface area contributed by atoms with E-state index < -0.39 is 0 Å². The van der Waals surface area contributed by atoms with Crippen LogP contribution in [-0.4, -0.2) is 36.8 Å². The number of thiol groups is 1. The van der Waals surface area contributed by atoms with Gasteiger partial charge in [0.05, 0.1) is 13.2 Å². The lowest BCUT2D eigenvalue weighted by atomic mass is 10.2. The standard InChI is InChI=1S/C11H8Br2O2S.C7H4Br2OS.C4H7BrO2.2CH4/c1-2-15-11(14)9-4-6-3-7(12)5-8(13)10(6)16-9;8-5-1-4(3-10)7(11)6(9)2-5;1-2-7-4(6)3-5;;/h3-5H,2H2,1H3;1-3,11H;2-3H2,1H3;2*1H4. The average Bonchev–Trinajstić information content (AvgIpc) is 3.22.